The first-order valence-electron chi connectivity index (χ1n) is 7.35. The number of sulfone groups is 1. The van der Waals surface area contributed by atoms with Crippen molar-refractivity contribution in [2.75, 3.05) is 44.7 Å². The minimum absolute atomic E-state index is 0.0443. The smallest absolute Gasteiger partial charge is 0.234 e. The van der Waals surface area contributed by atoms with Crippen molar-refractivity contribution in [1.29, 1.82) is 0 Å². The Labute approximate surface area is 121 Å². The fourth-order valence-corrected chi connectivity index (χ4v) is 4.81. The first-order valence-corrected chi connectivity index (χ1v) is 9.17. The van der Waals surface area contributed by atoms with Crippen molar-refractivity contribution < 1.29 is 13.2 Å². The summed E-state index contributed by atoms with van der Waals surface area (Å²) in [5, 5.41) is 6.04. The summed E-state index contributed by atoms with van der Waals surface area (Å²) < 4.78 is 22.7. The molecule has 2 aliphatic rings. The Bertz CT molecular complexity index is 436. The van der Waals surface area contributed by atoms with Crippen molar-refractivity contribution in [3.63, 3.8) is 0 Å². The maximum absolute atomic E-state index is 12.0. The van der Waals surface area contributed by atoms with E-state index in [1.165, 1.54) is 6.42 Å². The van der Waals surface area contributed by atoms with Gasteiger partial charge in [0.05, 0.1) is 18.1 Å². The molecule has 116 valence electrons. The minimum Gasteiger partial charge on any atom is -0.351 e. The molecule has 2 rings (SSSR count). The molecule has 2 atom stereocenters. The lowest BCUT2D eigenvalue weighted by Gasteiger charge is -2.32. The summed E-state index contributed by atoms with van der Waals surface area (Å²) >= 11 is 0. The Balaban J connectivity index is 1.74. The second-order valence-electron chi connectivity index (χ2n) is 5.97. The molecular weight excluding hydrogens is 278 g/mol. The highest BCUT2D eigenvalue weighted by atomic mass is 32.2. The van der Waals surface area contributed by atoms with Crippen LogP contribution in [0.2, 0.25) is 0 Å². The van der Waals surface area contributed by atoms with E-state index in [9.17, 15) is 13.2 Å². The topological polar surface area (TPSA) is 78.5 Å². The molecule has 6 nitrogen and oxygen atoms in total. The SMILES string of the molecule is CNCC1CCCN(CC(=O)NC2CCS(=O)(=O)C2)C1. The predicted octanol–water partition coefficient (Wildman–Crippen LogP) is -0.779. The maximum Gasteiger partial charge on any atom is 0.234 e. The van der Waals surface area contributed by atoms with Crippen LogP contribution < -0.4 is 10.6 Å². The molecular formula is C13H25N3O3S. The molecule has 2 fully saturated rings. The van der Waals surface area contributed by atoms with Gasteiger partial charge in [0.15, 0.2) is 9.84 Å². The van der Waals surface area contributed by atoms with Crippen LogP contribution >= 0.6 is 0 Å². The van der Waals surface area contributed by atoms with Crippen LogP contribution in [-0.2, 0) is 14.6 Å². The third-order valence-corrected chi connectivity index (χ3v) is 5.83. The van der Waals surface area contributed by atoms with Gasteiger partial charge in [-0.05, 0) is 45.3 Å². The van der Waals surface area contributed by atoms with E-state index in [1.807, 2.05) is 7.05 Å². The normalized spacial score (nSPS) is 30.2. The molecule has 0 aliphatic carbocycles. The second kappa shape index (κ2) is 6.87. The predicted molar refractivity (Wildman–Crippen MR) is 78.3 cm³/mol. The Morgan fingerprint density at radius 1 is 1.35 bits per heavy atom. The zero-order valence-electron chi connectivity index (χ0n) is 12.1. The van der Waals surface area contributed by atoms with Gasteiger partial charge in [-0.15, -0.1) is 0 Å². The zero-order valence-corrected chi connectivity index (χ0v) is 12.9. The lowest BCUT2D eigenvalue weighted by Crippen LogP contribution is -2.46. The molecule has 1 amide bonds. The molecule has 7 heteroatoms. The molecule has 2 heterocycles. The Morgan fingerprint density at radius 3 is 2.80 bits per heavy atom. The van der Waals surface area contributed by atoms with Crippen molar-refractivity contribution >= 4 is 15.7 Å². The number of amides is 1. The summed E-state index contributed by atoms with van der Waals surface area (Å²) in [5.74, 6) is 0.859. The molecule has 20 heavy (non-hydrogen) atoms. The highest BCUT2D eigenvalue weighted by molar-refractivity contribution is 7.91. The van der Waals surface area contributed by atoms with E-state index in [1.54, 1.807) is 0 Å². The van der Waals surface area contributed by atoms with Crippen LogP contribution in [0.5, 0.6) is 0 Å². The standard InChI is InChI=1S/C13H25N3O3S/c1-14-7-11-3-2-5-16(8-11)9-13(17)15-12-4-6-20(18,19)10-12/h11-12,14H,2-10H2,1H3,(H,15,17). The molecule has 2 unspecified atom stereocenters. The number of likely N-dealkylation sites (tertiary alicyclic amines) is 1. The first-order chi connectivity index (χ1) is 9.48. The van der Waals surface area contributed by atoms with Gasteiger partial charge in [0.2, 0.25) is 5.91 Å². The van der Waals surface area contributed by atoms with Crippen LogP contribution in [0.25, 0.3) is 0 Å². The lowest BCUT2D eigenvalue weighted by atomic mass is 9.98. The molecule has 2 saturated heterocycles. The van der Waals surface area contributed by atoms with Crippen molar-refractivity contribution in [3.05, 3.63) is 0 Å². The molecule has 2 aliphatic heterocycles. The van der Waals surface area contributed by atoms with E-state index in [2.05, 4.69) is 15.5 Å². The molecule has 0 aromatic carbocycles. The third-order valence-electron chi connectivity index (χ3n) is 4.06. The summed E-state index contributed by atoms with van der Waals surface area (Å²) in [6.45, 7) is 3.27. The number of rotatable bonds is 5. The van der Waals surface area contributed by atoms with Gasteiger partial charge in [-0.2, -0.15) is 0 Å². The third kappa shape index (κ3) is 4.71. The number of nitrogens with zero attached hydrogens (tertiary/aromatic N) is 1. The number of nitrogens with one attached hydrogen (secondary N) is 2. The number of hydrogen-bond acceptors (Lipinski definition) is 5. The molecule has 2 N–H and O–H groups in total. The number of piperidine rings is 1. The van der Waals surface area contributed by atoms with Crippen LogP contribution in [-0.4, -0.2) is 70.0 Å². The van der Waals surface area contributed by atoms with E-state index >= 15 is 0 Å². The number of hydrogen-bond donors (Lipinski definition) is 2. The maximum atomic E-state index is 12.0. The van der Waals surface area contributed by atoms with Crippen molar-refractivity contribution in [2.45, 2.75) is 25.3 Å². The Hall–Kier alpha value is -0.660. The van der Waals surface area contributed by atoms with Crippen LogP contribution in [0, 0.1) is 5.92 Å². The monoisotopic (exact) mass is 303 g/mol. The zero-order chi connectivity index (χ0) is 14.6. The molecule has 0 bridgehead atoms. The molecule has 0 aromatic heterocycles. The van der Waals surface area contributed by atoms with Gasteiger partial charge in [0.1, 0.15) is 0 Å². The van der Waals surface area contributed by atoms with Crippen LogP contribution in [0.4, 0.5) is 0 Å². The summed E-state index contributed by atoms with van der Waals surface area (Å²) in [7, 11) is -0.976. The summed E-state index contributed by atoms with van der Waals surface area (Å²) in [5.41, 5.74) is 0. The fraction of sp³-hybridized carbons (Fsp3) is 0.923. The Kier molecular flexibility index (Phi) is 5.40. The minimum atomic E-state index is -2.93. The van der Waals surface area contributed by atoms with Crippen LogP contribution in [0.1, 0.15) is 19.3 Å². The second-order valence-corrected chi connectivity index (χ2v) is 8.20. The van der Waals surface area contributed by atoms with Crippen molar-refractivity contribution in [3.8, 4) is 0 Å². The average Bonchev–Trinajstić information content (AvgIpc) is 2.69. The van der Waals surface area contributed by atoms with Gasteiger partial charge >= 0.3 is 0 Å². The fourth-order valence-electron chi connectivity index (χ4n) is 3.14. The highest BCUT2D eigenvalue weighted by Crippen LogP contribution is 2.15. The lowest BCUT2D eigenvalue weighted by molar-refractivity contribution is -0.123. The van der Waals surface area contributed by atoms with Gasteiger partial charge in [0, 0.05) is 12.6 Å². The first kappa shape index (κ1) is 15.7. The highest BCUT2D eigenvalue weighted by Gasteiger charge is 2.29. The van der Waals surface area contributed by atoms with Gasteiger partial charge in [-0.3, -0.25) is 9.69 Å². The van der Waals surface area contributed by atoms with Crippen molar-refractivity contribution in [2.24, 2.45) is 5.92 Å². The van der Waals surface area contributed by atoms with E-state index < -0.39 is 9.84 Å². The summed E-state index contributed by atoms with van der Waals surface area (Å²) in [4.78, 5) is 14.2. The van der Waals surface area contributed by atoms with E-state index in [0.29, 0.717) is 18.9 Å². The van der Waals surface area contributed by atoms with Crippen LogP contribution in [0.3, 0.4) is 0 Å². The molecule has 0 spiro atoms. The summed E-state index contributed by atoms with van der Waals surface area (Å²) in [6, 6.07) is -0.189. The van der Waals surface area contributed by atoms with Gasteiger partial charge in [-0.25, -0.2) is 8.42 Å². The number of carbonyl (C=O) groups excluding carboxylic acids is 1. The van der Waals surface area contributed by atoms with Crippen molar-refractivity contribution in [1.82, 2.24) is 15.5 Å². The van der Waals surface area contributed by atoms with Gasteiger partial charge in [0.25, 0.3) is 0 Å². The molecule has 0 radical (unpaired) electrons. The van der Waals surface area contributed by atoms with Gasteiger partial charge in [-0.1, -0.05) is 0 Å². The van der Waals surface area contributed by atoms with E-state index in [4.69, 9.17) is 0 Å². The average molecular weight is 303 g/mol. The van der Waals surface area contributed by atoms with E-state index in [-0.39, 0.29) is 23.5 Å². The quantitative estimate of drug-likeness (QED) is 0.697. The summed E-state index contributed by atoms with van der Waals surface area (Å²) in [6.07, 6.45) is 2.88. The molecule has 0 saturated carbocycles. The molecule has 0 aromatic rings. The van der Waals surface area contributed by atoms with Crippen LogP contribution in [0.15, 0.2) is 0 Å². The van der Waals surface area contributed by atoms with E-state index in [0.717, 1.165) is 26.1 Å². The number of carbonyl (C=O) groups is 1. The largest absolute Gasteiger partial charge is 0.351 e. The van der Waals surface area contributed by atoms with Gasteiger partial charge < -0.3 is 10.6 Å². The Morgan fingerprint density at radius 2 is 2.15 bits per heavy atom.